The molecule has 0 spiro atoms. The number of nitrogens with zero attached hydrogens (tertiary/aromatic N) is 2. The van der Waals surface area contributed by atoms with Gasteiger partial charge in [0.1, 0.15) is 11.9 Å². The van der Waals surface area contributed by atoms with E-state index in [4.69, 9.17) is 4.74 Å². The number of rotatable bonds is 4. The number of aromatic nitrogens is 1. The molecule has 1 unspecified atom stereocenters. The predicted molar refractivity (Wildman–Crippen MR) is 94.1 cm³/mol. The normalized spacial score (nSPS) is 17.8. The van der Waals surface area contributed by atoms with Gasteiger partial charge in [0.05, 0.1) is 18.2 Å². The predicted octanol–water partition coefficient (Wildman–Crippen LogP) is 3.35. The second kappa shape index (κ2) is 6.63. The van der Waals surface area contributed by atoms with Gasteiger partial charge in [0, 0.05) is 19.2 Å². The zero-order valence-electron chi connectivity index (χ0n) is 14.5. The first kappa shape index (κ1) is 16.5. The van der Waals surface area contributed by atoms with Gasteiger partial charge < -0.3 is 9.64 Å². The highest BCUT2D eigenvalue weighted by Crippen LogP contribution is 2.30. The summed E-state index contributed by atoms with van der Waals surface area (Å²) in [7, 11) is 0. The van der Waals surface area contributed by atoms with Crippen molar-refractivity contribution in [3.63, 3.8) is 0 Å². The van der Waals surface area contributed by atoms with Crippen LogP contribution in [0.4, 0.5) is 0 Å². The lowest BCUT2D eigenvalue weighted by Crippen LogP contribution is -2.43. The Bertz CT molecular complexity index is 713. The summed E-state index contributed by atoms with van der Waals surface area (Å²) in [6.45, 7) is 7.44. The Hall–Kier alpha value is -2.36. The van der Waals surface area contributed by atoms with Gasteiger partial charge in [0.25, 0.3) is 0 Å². The first-order valence-corrected chi connectivity index (χ1v) is 8.40. The number of hydrogen-bond acceptors (Lipinski definition) is 3. The number of carbonyl (C=O) groups excluding carboxylic acids is 1. The molecule has 1 aromatic heterocycles. The van der Waals surface area contributed by atoms with Crippen molar-refractivity contribution in [3.05, 3.63) is 59.9 Å². The molecule has 0 radical (unpaired) electrons. The van der Waals surface area contributed by atoms with Crippen LogP contribution in [0, 0.1) is 6.92 Å². The van der Waals surface area contributed by atoms with Crippen molar-refractivity contribution < 1.29 is 9.53 Å². The van der Waals surface area contributed by atoms with Crippen molar-refractivity contribution in [2.75, 3.05) is 13.1 Å². The van der Waals surface area contributed by atoms with E-state index in [0.29, 0.717) is 6.54 Å². The van der Waals surface area contributed by atoms with Crippen LogP contribution in [0.15, 0.2) is 48.8 Å². The van der Waals surface area contributed by atoms with Crippen molar-refractivity contribution in [1.29, 1.82) is 0 Å². The molecule has 1 amide bonds. The van der Waals surface area contributed by atoms with Gasteiger partial charge in [-0.3, -0.25) is 9.78 Å². The van der Waals surface area contributed by atoms with Gasteiger partial charge in [0.15, 0.2) is 0 Å². The summed E-state index contributed by atoms with van der Waals surface area (Å²) < 4.78 is 5.94. The van der Waals surface area contributed by atoms with E-state index < -0.39 is 5.41 Å². The van der Waals surface area contributed by atoms with Gasteiger partial charge in [0.2, 0.25) is 5.91 Å². The number of benzene rings is 1. The minimum Gasteiger partial charge on any atom is -0.487 e. The molecule has 1 aromatic carbocycles. The van der Waals surface area contributed by atoms with Crippen molar-refractivity contribution in [1.82, 2.24) is 9.88 Å². The van der Waals surface area contributed by atoms with Crippen LogP contribution >= 0.6 is 0 Å². The largest absolute Gasteiger partial charge is 0.487 e. The third kappa shape index (κ3) is 3.28. The summed E-state index contributed by atoms with van der Waals surface area (Å²) >= 11 is 0. The Kier molecular flexibility index (Phi) is 4.56. The monoisotopic (exact) mass is 324 g/mol. The van der Waals surface area contributed by atoms with Gasteiger partial charge in [-0.15, -0.1) is 0 Å². The molecule has 2 aromatic rings. The second-order valence-corrected chi connectivity index (χ2v) is 6.91. The fourth-order valence-electron chi connectivity index (χ4n) is 3.40. The first-order chi connectivity index (χ1) is 11.5. The summed E-state index contributed by atoms with van der Waals surface area (Å²) in [5, 5.41) is 0. The van der Waals surface area contributed by atoms with Crippen LogP contribution < -0.4 is 4.74 Å². The molecule has 1 aliphatic heterocycles. The van der Waals surface area contributed by atoms with Crippen LogP contribution in [0.3, 0.4) is 0 Å². The maximum atomic E-state index is 13.1. The highest BCUT2D eigenvalue weighted by molar-refractivity contribution is 5.88. The molecule has 3 rings (SSSR count). The summed E-state index contributed by atoms with van der Waals surface area (Å²) in [5.41, 5.74) is 1.71. The van der Waals surface area contributed by atoms with Crippen molar-refractivity contribution in [3.8, 4) is 5.75 Å². The van der Waals surface area contributed by atoms with Crippen LogP contribution in [0.2, 0.25) is 0 Å². The number of hydrogen-bond donors (Lipinski definition) is 0. The SMILES string of the molecule is Cc1ccccc1C(C)(C)C(=O)N1CCC(Oc2cccnc2)C1. The number of carbonyl (C=O) groups is 1. The van der Waals surface area contributed by atoms with Gasteiger partial charge in [-0.25, -0.2) is 0 Å². The Morgan fingerprint density at radius 2 is 2.04 bits per heavy atom. The highest BCUT2D eigenvalue weighted by atomic mass is 16.5. The van der Waals surface area contributed by atoms with E-state index in [1.54, 1.807) is 12.4 Å². The summed E-state index contributed by atoms with van der Waals surface area (Å²) in [6.07, 6.45) is 4.32. The van der Waals surface area contributed by atoms with Crippen LogP contribution in [0.5, 0.6) is 5.75 Å². The fourth-order valence-corrected chi connectivity index (χ4v) is 3.40. The minimum absolute atomic E-state index is 0.0332. The molecule has 1 saturated heterocycles. The van der Waals surface area contributed by atoms with E-state index >= 15 is 0 Å². The molecule has 126 valence electrons. The van der Waals surface area contributed by atoms with E-state index in [1.807, 2.05) is 49.1 Å². The van der Waals surface area contributed by atoms with Crippen molar-refractivity contribution >= 4 is 5.91 Å². The Morgan fingerprint density at radius 1 is 1.25 bits per heavy atom. The topological polar surface area (TPSA) is 42.4 Å². The molecular weight excluding hydrogens is 300 g/mol. The lowest BCUT2D eigenvalue weighted by molar-refractivity contribution is -0.135. The zero-order chi connectivity index (χ0) is 17.2. The average molecular weight is 324 g/mol. The molecule has 1 aliphatic rings. The zero-order valence-corrected chi connectivity index (χ0v) is 14.5. The van der Waals surface area contributed by atoms with Crippen molar-refractivity contribution in [2.45, 2.75) is 38.7 Å². The van der Waals surface area contributed by atoms with Gasteiger partial charge in [-0.2, -0.15) is 0 Å². The smallest absolute Gasteiger partial charge is 0.232 e. The molecule has 4 nitrogen and oxygen atoms in total. The Balaban J connectivity index is 1.69. The van der Waals surface area contributed by atoms with Gasteiger partial charge >= 0.3 is 0 Å². The first-order valence-electron chi connectivity index (χ1n) is 8.40. The minimum atomic E-state index is -0.533. The van der Waals surface area contributed by atoms with E-state index in [9.17, 15) is 4.79 Å². The summed E-state index contributed by atoms with van der Waals surface area (Å²) in [4.78, 5) is 19.1. The Labute approximate surface area is 143 Å². The van der Waals surface area contributed by atoms with E-state index in [1.165, 1.54) is 0 Å². The number of aryl methyl sites for hydroxylation is 1. The molecule has 2 heterocycles. The molecule has 24 heavy (non-hydrogen) atoms. The maximum Gasteiger partial charge on any atom is 0.232 e. The molecule has 0 bridgehead atoms. The van der Waals surface area contributed by atoms with E-state index in [2.05, 4.69) is 18.0 Å². The van der Waals surface area contributed by atoms with Crippen LogP contribution in [0.1, 0.15) is 31.4 Å². The standard InChI is InChI=1S/C20H24N2O2/c1-15-7-4-5-9-18(15)20(2,3)19(23)22-12-10-17(14-22)24-16-8-6-11-21-13-16/h4-9,11,13,17H,10,12,14H2,1-3H3. The Morgan fingerprint density at radius 3 is 2.75 bits per heavy atom. The molecular formula is C20H24N2O2. The van der Waals surface area contributed by atoms with Gasteiger partial charge in [-0.05, 0) is 44.0 Å². The number of amides is 1. The number of likely N-dealkylation sites (tertiary alicyclic amines) is 1. The lowest BCUT2D eigenvalue weighted by Gasteiger charge is -2.31. The molecule has 4 heteroatoms. The number of pyridine rings is 1. The maximum absolute atomic E-state index is 13.1. The lowest BCUT2D eigenvalue weighted by atomic mass is 9.81. The number of ether oxygens (including phenoxy) is 1. The molecule has 1 fully saturated rings. The highest BCUT2D eigenvalue weighted by Gasteiger charge is 2.38. The molecule has 0 aliphatic carbocycles. The fraction of sp³-hybridized carbons (Fsp3) is 0.400. The third-order valence-corrected chi connectivity index (χ3v) is 4.72. The third-order valence-electron chi connectivity index (χ3n) is 4.72. The van der Waals surface area contributed by atoms with Crippen LogP contribution in [0.25, 0.3) is 0 Å². The average Bonchev–Trinajstić information content (AvgIpc) is 3.03. The van der Waals surface area contributed by atoms with Crippen LogP contribution in [-0.2, 0) is 10.2 Å². The van der Waals surface area contributed by atoms with Crippen molar-refractivity contribution in [2.24, 2.45) is 0 Å². The van der Waals surface area contributed by atoms with E-state index in [0.717, 1.165) is 29.8 Å². The molecule has 0 saturated carbocycles. The van der Waals surface area contributed by atoms with E-state index in [-0.39, 0.29) is 12.0 Å². The molecule has 0 N–H and O–H groups in total. The summed E-state index contributed by atoms with van der Waals surface area (Å²) in [6, 6.07) is 11.9. The quantitative estimate of drug-likeness (QED) is 0.866. The molecule has 1 atom stereocenters. The second-order valence-electron chi connectivity index (χ2n) is 6.91. The van der Waals surface area contributed by atoms with Gasteiger partial charge in [-0.1, -0.05) is 24.3 Å². The summed E-state index contributed by atoms with van der Waals surface area (Å²) in [5.74, 6) is 0.920. The van der Waals surface area contributed by atoms with Crippen LogP contribution in [-0.4, -0.2) is 35.0 Å².